The molecule has 2 aromatic heterocycles. The molecular weight excluding hydrogens is 236 g/mol. The van der Waals surface area contributed by atoms with Crippen molar-refractivity contribution in [3.05, 3.63) is 58.1 Å². The molecule has 3 rings (SSSR count). The van der Waals surface area contributed by atoms with E-state index < -0.39 is 12.5 Å². The van der Waals surface area contributed by atoms with Gasteiger partial charge in [0.05, 0.1) is 0 Å². The zero-order chi connectivity index (χ0) is 16.1. The molecule has 3 aromatic rings. The van der Waals surface area contributed by atoms with Crippen molar-refractivity contribution in [3.63, 3.8) is 0 Å². The molecule has 1 aromatic carbocycles. The summed E-state index contributed by atoms with van der Waals surface area (Å²) in [5.41, 5.74) is 3.65. The molecule has 0 amide bonds. The SMILES string of the molecule is [2H]C([2H])([2H])n1cc(-c2cccc(C)c2C)c2cc[nH]c2c1=O. The number of fused-ring (bicyclic) bond motifs is 1. The lowest BCUT2D eigenvalue weighted by Gasteiger charge is -2.11. The first-order valence-electron chi connectivity index (χ1n) is 7.60. The van der Waals surface area contributed by atoms with Crippen LogP contribution in [0.2, 0.25) is 0 Å². The van der Waals surface area contributed by atoms with Gasteiger partial charge in [0.25, 0.3) is 5.56 Å². The number of benzene rings is 1. The summed E-state index contributed by atoms with van der Waals surface area (Å²) < 4.78 is 23.6. The van der Waals surface area contributed by atoms with Gasteiger partial charge in [-0.25, -0.2) is 0 Å². The smallest absolute Gasteiger partial charge is 0.274 e. The Labute approximate surface area is 115 Å². The van der Waals surface area contributed by atoms with Gasteiger partial charge in [0.2, 0.25) is 0 Å². The van der Waals surface area contributed by atoms with E-state index in [1.54, 1.807) is 12.3 Å². The molecule has 0 fully saturated rings. The van der Waals surface area contributed by atoms with E-state index in [0.717, 1.165) is 32.2 Å². The quantitative estimate of drug-likeness (QED) is 0.712. The van der Waals surface area contributed by atoms with Crippen molar-refractivity contribution in [2.45, 2.75) is 13.8 Å². The van der Waals surface area contributed by atoms with Crippen LogP contribution in [0.5, 0.6) is 0 Å². The summed E-state index contributed by atoms with van der Waals surface area (Å²) in [6.45, 7) is 1.49. The maximum absolute atomic E-state index is 12.3. The summed E-state index contributed by atoms with van der Waals surface area (Å²) in [6, 6.07) is 7.68. The van der Waals surface area contributed by atoms with Crippen LogP contribution in [0.1, 0.15) is 15.2 Å². The third-order valence-electron chi connectivity index (χ3n) is 3.62. The molecule has 0 atom stereocenters. The fourth-order valence-corrected chi connectivity index (χ4v) is 2.41. The van der Waals surface area contributed by atoms with Crippen molar-refractivity contribution in [3.8, 4) is 11.1 Å². The topological polar surface area (TPSA) is 37.8 Å². The van der Waals surface area contributed by atoms with Crippen molar-refractivity contribution in [2.75, 3.05) is 0 Å². The van der Waals surface area contributed by atoms with Crippen molar-refractivity contribution in [1.29, 1.82) is 0 Å². The van der Waals surface area contributed by atoms with Crippen LogP contribution in [0.15, 0.2) is 41.5 Å². The van der Waals surface area contributed by atoms with Crippen LogP contribution >= 0.6 is 0 Å². The number of pyridine rings is 1. The van der Waals surface area contributed by atoms with Gasteiger partial charge in [-0.15, -0.1) is 0 Å². The van der Waals surface area contributed by atoms with E-state index in [9.17, 15) is 4.79 Å². The summed E-state index contributed by atoms with van der Waals surface area (Å²) in [6.07, 6.45) is 3.10. The maximum Gasteiger partial charge on any atom is 0.274 e. The van der Waals surface area contributed by atoms with Crippen LogP contribution in [0.25, 0.3) is 22.0 Å². The van der Waals surface area contributed by atoms with E-state index in [0.29, 0.717) is 5.52 Å². The molecular formula is C16H16N2O. The molecule has 0 aliphatic rings. The molecule has 3 nitrogen and oxygen atoms in total. The predicted molar refractivity (Wildman–Crippen MR) is 78.4 cm³/mol. The number of hydrogen-bond acceptors (Lipinski definition) is 1. The first-order chi connectivity index (χ1) is 10.3. The molecule has 0 bridgehead atoms. The van der Waals surface area contributed by atoms with E-state index in [-0.39, 0.29) is 0 Å². The molecule has 0 aliphatic heterocycles. The number of nitrogens with zero attached hydrogens (tertiary/aromatic N) is 1. The van der Waals surface area contributed by atoms with Crippen LogP contribution in [0.3, 0.4) is 0 Å². The average Bonchev–Trinajstić information content (AvgIpc) is 2.91. The highest BCUT2D eigenvalue weighted by molar-refractivity contribution is 5.95. The second-order valence-electron chi connectivity index (χ2n) is 4.73. The Morgan fingerprint density at radius 1 is 1.21 bits per heavy atom. The highest BCUT2D eigenvalue weighted by Crippen LogP contribution is 2.30. The van der Waals surface area contributed by atoms with Crippen molar-refractivity contribution in [2.24, 2.45) is 6.98 Å². The zero-order valence-electron chi connectivity index (χ0n) is 13.8. The molecule has 2 heterocycles. The number of aryl methyl sites for hydroxylation is 2. The van der Waals surface area contributed by atoms with Crippen LogP contribution in [-0.4, -0.2) is 9.55 Å². The Kier molecular flexibility index (Phi) is 1.90. The number of rotatable bonds is 1. The van der Waals surface area contributed by atoms with Gasteiger partial charge in [0, 0.05) is 34.4 Å². The van der Waals surface area contributed by atoms with Crippen LogP contribution < -0.4 is 5.56 Å². The molecule has 0 aliphatic carbocycles. The fraction of sp³-hybridized carbons (Fsp3) is 0.188. The molecule has 1 N–H and O–H groups in total. The van der Waals surface area contributed by atoms with E-state index in [1.807, 2.05) is 32.0 Å². The van der Waals surface area contributed by atoms with Gasteiger partial charge in [-0.3, -0.25) is 4.79 Å². The highest BCUT2D eigenvalue weighted by atomic mass is 16.1. The standard InChI is InChI=1S/C16H16N2O/c1-10-5-4-6-12(11(10)2)14-9-18(3)16(19)15-13(14)7-8-17-15/h4-9,17H,1-3H3/i3D3. The Morgan fingerprint density at radius 3 is 2.84 bits per heavy atom. The van der Waals surface area contributed by atoms with Crippen LogP contribution in [0, 0.1) is 13.8 Å². The van der Waals surface area contributed by atoms with E-state index in [2.05, 4.69) is 4.98 Å². The number of aromatic nitrogens is 2. The van der Waals surface area contributed by atoms with Crippen LogP contribution in [-0.2, 0) is 6.98 Å². The highest BCUT2D eigenvalue weighted by Gasteiger charge is 2.12. The first-order valence-corrected chi connectivity index (χ1v) is 6.10. The van der Waals surface area contributed by atoms with E-state index in [4.69, 9.17) is 4.11 Å². The van der Waals surface area contributed by atoms with Gasteiger partial charge >= 0.3 is 0 Å². The van der Waals surface area contributed by atoms with Crippen molar-refractivity contribution < 1.29 is 4.11 Å². The second-order valence-corrected chi connectivity index (χ2v) is 4.73. The third-order valence-corrected chi connectivity index (χ3v) is 3.62. The van der Waals surface area contributed by atoms with Crippen molar-refractivity contribution in [1.82, 2.24) is 9.55 Å². The van der Waals surface area contributed by atoms with Gasteiger partial charge in [-0.05, 0) is 36.6 Å². The summed E-state index contributed by atoms with van der Waals surface area (Å²) in [5.74, 6) is 0. The number of H-pyrrole nitrogens is 1. The molecule has 0 saturated heterocycles. The minimum atomic E-state index is -2.51. The van der Waals surface area contributed by atoms with Gasteiger partial charge in [-0.1, -0.05) is 18.2 Å². The second kappa shape index (κ2) is 4.12. The van der Waals surface area contributed by atoms with Crippen molar-refractivity contribution >= 4 is 10.9 Å². The minimum Gasteiger partial charge on any atom is -0.357 e. The van der Waals surface area contributed by atoms with Gasteiger partial charge in [0.15, 0.2) is 0 Å². The lowest BCUT2D eigenvalue weighted by molar-refractivity contribution is 0.872. The third kappa shape index (κ3) is 1.70. The monoisotopic (exact) mass is 255 g/mol. The molecule has 0 spiro atoms. The molecule has 19 heavy (non-hydrogen) atoms. The lowest BCUT2D eigenvalue weighted by atomic mass is 9.96. The Bertz CT molecular complexity index is 919. The molecule has 96 valence electrons. The predicted octanol–water partition coefficient (Wildman–Crippen LogP) is 3.15. The normalized spacial score (nSPS) is 14.1. The molecule has 3 heteroatoms. The summed E-state index contributed by atoms with van der Waals surface area (Å²) in [4.78, 5) is 15.2. The molecule has 0 unspecified atom stereocenters. The first kappa shape index (κ1) is 8.75. The Balaban J connectivity index is 2.44. The summed E-state index contributed by atoms with van der Waals surface area (Å²) >= 11 is 0. The summed E-state index contributed by atoms with van der Waals surface area (Å²) in [5, 5.41) is 0.735. The largest absolute Gasteiger partial charge is 0.357 e. The fourth-order valence-electron chi connectivity index (χ4n) is 2.41. The Morgan fingerprint density at radius 2 is 2.05 bits per heavy atom. The average molecular weight is 255 g/mol. The Hall–Kier alpha value is -2.29. The summed E-state index contributed by atoms with van der Waals surface area (Å²) in [7, 11) is 0. The van der Waals surface area contributed by atoms with Crippen LogP contribution in [0.4, 0.5) is 0 Å². The maximum atomic E-state index is 12.3. The van der Waals surface area contributed by atoms with Gasteiger partial charge < -0.3 is 9.55 Å². The van der Waals surface area contributed by atoms with E-state index in [1.165, 1.54) is 6.20 Å². The molecule has 0 saturated carbocycles. The van der Waals surface area contributed by atoms with Gasteiger partial charge in [0.1, 0.15) is 5.52 Å². The van der Waals surface area contributed by atoms with E-state index >= 15 is 0 Å². The van der Waals surface area contributed by atoms with Gasteiger partial charge in [-0.2, -0.15) is 0 Å². The lowest BCUT2D eigenvalue weighted by Crippen LogP contribution is -2.16. The molecule has 0 radical (unpaired) electrons. The number of nitrogens with one attached hydrogen (secondary N) is 1. The number of aromatic amines is 1. The zero-order valence-corrected chi connectivity index (χ0v) is 10.8. The number of hydrogen-bond donors (Lipinski definition) is 1. The minimum absolute atomic E-state index is 0.314.